The minimum Gasteiger partial charge on any atom is -0.493 e. The Morgan fingerprint density at radius 3 is 2.67 bits per heavy atom. The van der Waals surface area contributed by atoms with Crippen LogP contribution in [0, 0.1) is 6.92 Å². The largest absolute Gasteiger partial charge is 0.493 e. The van der Waals surface area contributed by atoms with Gasteiger partial charge in [0.15, 0.2) is 17.5 Å². The molecule has 0 saturated carbocycles. The molecule has 0 atom stereocenters. The summed E-state index contributed by atoms with van der Waals surface area (Å²) < 4.78 is 13.0. The van der Waals surface area contributed by atoms with Crippen molar-refractivity contribution in [3.63, 3.8) is 0 Å². The third kappa shape index (κ3) is 9.23. The van der Waals surface area contributed by atoms with Crippen LogP contribution < -0.4 is 20.1 Å². The summed E-state index contributed by atoms with van der Waals surface area (Å²) in [5.74, 6) is 2.46. The highest BCUT2D eigenvalue weighted by Gasteiger charge is 2.05. The van der Waals surface area contributed by atoms with Crippen LogP contribution in [0.4, 0.5) is 0 Å². The van der Waals surface area contributed by atoms with Gasteiger partial charge in [-0.2, -0.15) is 5.10 Å². The molecule has 0 bridgehead atoms. The molecule has 0 aliphatic carbocycles. The number of hydrogen-bond donors (Lipinski definition) is 2. The standard InChI is InChI=1S/C22H35N5O2.HI/c1-5-23-22(25-13-8-14-27-17-18(3)16-26-27)24-12-7-9-19-10-11-20(28-4)21(15-19)29-6-2;/h10-11,15-17H,5-9,12-14H2,1-4H3,(H2,23,24,25);1H. The van der Waals surface area contributed by atoms with Crippen molar-refractivity contribution < 1.29 is 9.47 Å². The quantitative estimate of drug-likeness (QED) is 0.190. The number of hydrogen-bond acceptors (Lipinski definition) is 4. The molecule has 2 rings (SSSR count). The van der Waals surface area contributed by atoms with E-state index in [-0.39, 0.29) is 24.0 Å². The van der Waals surface area contributed by atoms with Crippen LogP contribution in [0.25, 0.3) is 0 Å². The average Bonchev–Trinajstić information content (AvgIpc) is 3.14. The van der Waals surface area contributed by atoms with Gasteiger partial charge in [-0.05, 0) is 63.3 Å². The number of nitrogens with zero attached hydrogens (tertiary/aromatic N) is 3. The number of aryl methyl sites for hydroxylation is 3. The Balaban J connectivity index is 0.00000450. The number of aliphatic imine (C=N–C) groups is 1. The van der Waals surface area contributed by atoms with E-state index in [1.165, 1.54) is 11.1 Å². The minimum absolute atomic E-state index is 0. The highest BCUT2D eigenvalue weighted by Crippen LogP contribution is 2.28. The van der Waals surface area contributed by atoms with E-state index in [1.807, 2.05) is 23.9 Å². The number of aromatic nitrogens is 2. The second kappa shape index (κ2) is 14.9. The molecule has 1 aromatic heterocycles. The molecule has 0 aliphatic rings. The van der Waals surface area contributed by atoms with E-state index >= 15 is 0 Å². The van der Waals surface area contributed by atoms with E-state index in [9.17, 15) is 0 Å². The molecule has 1 aromatic carbocycles. The Labute approximate surface area is 197 Å². The lowest BCUT2D eigenvalue weighted by molar-refractivity contribution is 0.310. The van der Waals surface area contributed by atoms with Crippen LogP contribution >= 0.6 is 24.0 Å². The van der Waals surface area contributed by atoms with Gasteiger partial charge in [-0.1, -0.05) is 6.07 Å². The molecule has 30 heavy (non-hydrogen) atoms. The van der Waals surface area contributed by atoms with Crippen molar-refractivity contribution in [1.29, 1.82) is 0 Å². The Morgan fingerprint density at radius 1 is 1.17 bits per heavy atom. The third-order valence-corrected chi connectivity index (χ3v) is 4.38. The highest BCUT2D eigenvalue weighted by atomic mass is 127. The zero-order valence-electron chi connectivity index (χ0n) is 18.6. The second-order valence-corrected chi connectivity index (χ2v) is 6.84. The maximum atomic E-state index is 5.66. The van der Waals surface area contributed by atoms with E-state index < -0.39 is 0 Å². The number of nitrogens with one attached hydrogen (secondary N) is 2. The number of guanidine groups is 1. The zero-order valence-corrected chi connectivity index (χ0v) is 20.9. The van der Waals surface area contributed by atoms with Crippen molar-refractivity contribution in [2.24, 2.45) is 4.99 Å². The van der Waals surface area contributed by atoms with Crippen LogP contribution in [-0.2, 0) is 13.0 Å². The molecule has 1 heterocycles. The first kappa shape index (κ1) is 26.1. The smallest absolute Gasteiger partial charge is 0.191 e. The molecule has 0 radical (unpaired) electrons. The Morgan fingerprint density at radius 2 is 2.00 bits per heavy atom. The fourth-order valence-electron chi connectivity index (χ4n) is 3.00. The molecule has 0 spiro atoms. The van der Waals surface area contributed by atoms with Crippen molar-refractivity contribution in [2.75, 3.05) is 33.4 Å². The van der Waals surface area contributed by atoms with Crippen molar-refractivity contribution >= 4 is 29.9 Å². The summed E-state index contributed by atoms with van der Waals surface area (Å²) in [6, 6.07) is 6.14. The third-order valence-electron chi connectivity index (χ3n) is 4.38. The summed E-state index contributed by atoms with van der Waals surface area (Å²) >= 11 is 0. The molecule has 0 saturated heterocycles. The van der Waals surface area contributed by atoms with E-state index in [2.05, 4.69) is 52.9 Å². The maximum Gasteiger partial charge on any atom is 0.191 e. The molecule has 2 N–H and O–H groups in total. The van der Waals surface area contributed by atoms with Gasteiger partial charge in [0.05, 0.1) is 19.9 Å². The second-order valence-electron chi connectivity index (χ2n) is 6.84. The van der Waals surface area contributed by atoms with Crippen LogP contribution in [0.3, 0.4) is 0 Å². The molecule has 0 aliphatic heterocycles. The highest BCUT2D eigenvalue weighted by molar-refractivity contribution is 14.0. The summed E-state index contributed by atoms with van der Waals surface area (Å²) in [6.45, 7) is 10.1. The van der Waals surface area contributed by atoms with Gasteiger partial charge in [0.1, 0.15) is 0 Å². The first-order chi connectivity index (χ1) is 14.2. The molecule has 168 valence electrons. The molecule has 2 aromatic rings. The van der Waals surface area contributed by atoms with E-state index in [1.54, 1.807) is 7.11 Å². The summed E-state index contributed by atoms with van der Waals surface area (Å²) in [6.07, 6.45) is 6.88. The van der Waals surface area contributed by atoms with Crippen LogP contribution in [-0.4, -0.2) is 49.1 Å². The number of ether oxygens (including phenoxy) is 2. The normalized spacial score (nSPS) is 11.0. The summed E-state index contributed by atoms with van der Waals surface area (Å²) in [4.78, 5) is 4.66. The number of rotatable bonds is 12. The fourth-order valence-corrected chi connectivity index (χ4v) is 3.00. The fraction of sp³-hybridized carbons (Fsp3) is 0.545. The average molecular weight is 529 g/mol. The van der Waals surface area contributed by atoms with Crippen molar-refractivity contribution in [1.82, 2.24) is 20.4 Å². The van der Waals surface area contributed by atoms with Crippen LogP contribution in [0.1, 0.15) is 37.8 Å². The molecular formula is C22H36IN5O2. The summed E-state index contributed by atoms with van der Waals surface area (Å²) in [5.41, 5.74) is 2.43. The molecule has 0 amide bonds. The molecule has 0 unspecified atom stereocenters. The molecule has 0 fully saturated rings. The van der Waals surface area contributed by atoms with Gasteiger partial charge < -0.3 is 20.1 Å². The van der Waals surface area contributed by atoms with Crippen molar-refractivity contribution in [3.05, 3.63) is 41.7 Å². The van der Waals surface area contributed by atoms with Gasteiger partial charge in [-0.3, -0.25) is 9.67 Å². The van der Waals surface area contributed by atoms with E-state index in [4.69, 9.17) is 9.47 Å². The van der Waals surface area contributed by atoms with Gasteiger partial charge >= 0.3 is 0 Å². The monoisotopic (exact) mass is 529 g/mol. The number of halogens is 1. The zero-order chi connectivity index (χ0) is 20.9. The lowest BCUT2D eigenvalue weighted by Gasteiger charge is -2.13. The number of methoxy groups -OCH3 is 1. The van der Waals surface area contributed by atoms with Gasteiger partial charge in [0.2, 0.25) is 0 Å². The SMILES string of the molecule is CCNC(=NCCCn1cc(C)cn1)NCCCc1ccc(OC)c(OCC)c1.I. The molecule has 8 heteroatoms. The lowest BCUT2D eigenvalue weighted by Crippen LogP contribution is -2.38. The van der Waals surface area contributed by atoms with E-state index in [0.29, 0.717) is 6.61 Å². The van der Waals surface area contributed by atoms with Gasteiger partial charge in [0.25, 0.3) is 0 Å². The minimum atomic E-state index is 0. The summed E-state index contributed by atoms with van der Waals surface area (Å²) in [7, 11) is 1.67. The van der Waals surface area contributed by atoms with Gasteiger partial charge in [-0.15, -0.1) is 24.0 Å². The predicted octanol–water partition coefficient (Wildman–Crippen LogP) is 3.79. The summed E-state index contributed by atoms with van der Waals surface area (Å²) in [5, 5.41) is 11.0. The maximum absolute atomic E-state index is 5.66. The van der Waals surface area contributed by atoms with Crippen LogP contribution in [0.2, 0.25) is 0 Å². The van der Waals surface area contributed by atoms with Gasteiger partial charge in [-0.25, -0.2) is 0 Å². The number of benzene rings is 1. The first-order valence-corrected chi connectivity index (χ1v) is 10.5. The van der Waals surface area contributed by atoms with Crippen LogP contribution in [0.5, 0.6) is 11.5 Å². The topological polar surface area (TPSA) is 72.7 Å². The Bertz CT molecular complexity index is 764. The molecular weight excluding hydrogens is 493 g/mol. The van der Waals surface area contributed by atoms with Crippen LogP contribution in [0.15, 0.2) is 35.6 Å². The molecule has 7 nitrogen and oxygen atoms in total. The van der Waals surface area contributed by atoms with Crippen molar-refractivity contribution in [3.8, 4) is 11.5 Å². The first-order valence-electron chi connectivity index (χ1n) is 10.5. The van der Waals surface area contributed by atoms with E-state index in [0.717, 1.165) is 62.9 Å². The Hall–Kier alpha value is -1.97. The predicted molar refractivity (Wildman–Crippen MR) is 133 cm³/mol. The van der Waals surface area contributed by atoms with Crippen molar-refractivity contribution in [2.45, 2.75) is 46.6 Å². The lowest BCUT2D eigenvalue weighted by atomic mass is 10.1. The Kier molecular flexibility index (Phi) is 13.0. The van der Waals surface area contributed by atoms with Gasteiger partial charge in [0, 0.05) is 32.4 Å².